The molecule has 2 aliphatic rings. The molecule has 1 aromatic carbocycles. The first-order valence-corrected chi connectivity index (χ1v) is 12.1. The molecule has 0 spiro atoms. The first-order chi connectivity index (χ1) is 17.0. The van der Waals surface area contributed by atoms with Crippen molar-refractivity contribution in [3.05, 3.63) is 59.1 Å². The van der Waals surface area contributed by atoms with E-state index in [1.165, 1.54) is 0 Å². The number of hydrogen-bond acceptors (Lipinski definition) is 7. The van der Waals surface area contributed by atoms with Crippen molar-refractivity contribution in [2.75, 3.05) is 24.5 Å². The largest absolute Gasteiger partial charge is 0.355 e. The van der Waals surface area contributed by atoms with Crippen molar-refractivity contribution in [1.82, 2.24) is 34.9 Å². The van der Waals surface area contributed by atoms with Crippen molar-refractivity contribution in [3.63, 3.8) is 0 Å². The Morgan fingerprint density at radius 1 is 1.17 bits per heavy atom. The van der Waals surface area contributed by atoms with E-state index in [9.17, 15) is 0 Å². The van der Waals surface area contributed by atoms with E-state index in [1.807, 2.05) is 44.6 Å². The van der Waals surface area contributed by atoms with E-state index in [1.54, 1.807) is 4.68 Å². The maximum Gasteiger partial charge on any atom is 0.177 e. The number of aryl methyl sites for hydroxylation is 2. The average molecular weight is 486 g/mol. The molecular weight excluding hydrogens is 462 g/mol. The minimum absolute atomic E-state index is 0.0249. The van der Waals surface area contributed by atoms with E-state index >= 15 is 0 Å². The molecule has 5 heterocycles. The van der Waals surface area contributed by atoms with Crippen LogP contribution >= 0.6 is 11.6 Å². The Morgan fingerprint density at radius 3 is 2.77 bits per heavy atom. The van der Waals surface area contributed by atoms with Gasteiger partial charge in [-0.1, -0.05) is 17.7 Å². The van der Waals surface area contributed by atoms with Crippen LogP contribution in [0.1, 0.15) is 11.4 Å². The van der Waals surface area contributed by atoms with Gasteiger partial charge in [-0.3, -0.25) is 14.8 Å². The van der Waals surface area contributed by atoms with Crippen LogP contribution in [-0.4, -0.2) is 54.6 Å². The maximum atomic E-state index is 6.72. The number of aromatic amines is 1. The summed E-state index contributed by atoms with van der Waals surface area (Å²) in [5.74, 6) is 1.79. The molecule has 5 aromatic rings. The van der Waals surface area contributed by atoms with Crippen molar-refractivity contribution in [2.45, 2.75) is 12.3 Å². The Morgan fingerprint density at radius 2 is 2.00 bits per heavy atom. The molecule has 0 amide bonds. The maximum absolute atomic E-state index is 6.72. The van der Waals surface area contributed by atoms with Crippen molar-refractivity contribution >= 4 is 39.5 Å². The van der Waals surface area contributed by atoms with Gasteiger partial charge in [-0.15, -0.1) is 0 Å². The van der Waals surface area contributed by atoms with Gasteiger partial charge in [0.1, 0.15) is 17.0 Å². The van der Waals surface area contributed by atoms with Crippen molar-refractivity contribution < 1.29 is 0 Å². The number of nitrogens with one attached hydrogen (secondary N) is 1. The van der Waals surface area contributed by atoms with Crippen LogP contribution in [0.2, 0.25) is 5.02 Å². The lowest BCUT2D eigenvalue weighted by Crippen LogP contribution is -2.35. The zero-order valence-corrected chi connectivity index (χ0v) is 20.2. The molecule has 3 N–H and O–H groups in total. The predicted molar refractivity (Wildman–Crippen MR) is 135 cm³/mol. The second-order valence-corrected chi connectivity index (χ2v) is 10.1. The van der Waals surface area contributed by atoms with Crippen LogP contribution in [0.3, 0.4) is 0 Å². The molecule has 10 heteroatoms. The van der Waals surface area contributed by atoms with Crippen molar-refractivity contribution in [2.24, 2.45) is 24.6 Å². The number of aromatic nitrogens is 7. The summed E-state index contributed by atoms with van der Waals surface area (Å²) in [7, 11) is 1.88. The normalized spacial score (nSPS) is 23.4. The summed E-state index contributed by atoms with van der Waals surface area (Å²) in [5, 5.41) is 13.5. The molecule has 1 aliphatic carbocycles. The fraction of sp³-hybridized carbons (Fsp3) is 0.320. The van der Waals surface area contributed by atoms with Gasteiger partial charge in [-0.05, 0) is 43.0 Å². The number of nitrogens with two attached hydrogens (primary N) is 1. The number of anilines is 1. The van der Waals surface area contributed by atoms with Gasteiger partial charge in [0.2, 0.25) is 0 Å². The van der Waals surface area contributed by atoms with Crippen molar-refractivity contribution in [3.8, 4) is 11.3 Å². The smallest absolute Gasteiger partial charge is 0.177 e. The Bertz CT molecular complexity index is 1610. The summed E-state index contributed by atoms with van der Waals surface area (Å²) in [6, 6.07) is 10.1. The Kier molecular flexibility index (Phi) is 4.29. The quantitative estimate of drug-likeness (QED) is 0.401. The highest BCUT2D eigenvalue weighted by molar-refractivity contribution is 6.38. The molecular formula is C25H24ClN9. The zero-order chi connectivity index (χ0) is 23.9. The van der Waals surface area contributed by atoms with Crippen LogP contribution in [0.4, 0.5) is 5.82 Å². The van der Waals surface area contributed by atoms with Crippen molar-refractivity contribution in [1.29, 1.82) is 0 Å². The van der Waals surface area contributed by atoms with Crippen LogP contribution in [0.25, 0.3) is 33.3 Å². The van der Waals surface area contributed by atoms with E-state index < -0.39 is 0 Å². The van der Waals surface area contributed by atoms with Crippen LogP contribution in [0.15, 0.2) is 42.7 Å². The number of piperidine rings is 1. The van der Waals surface area contributed by atoms with Gasteiger partial charge in [0.05, 0.1) is 16.7 Å². The molecule has 0 radical (unpaired) electrons. The van der Waals surface area contributed by atoms with Crippen LogP contribution < -0.4 is 10.6 Å². The minimum Gasteiger partial charge on any atom is -0.355 e. The summed E-state index contributed by atoms with van der Waals surface area (Å²) < 4.78 is 1.75. The van der Waals surface area contributed by atoms with Gasteiger partial charge in [-0.25, -0.2) is 9.97 Å². The molecule has 1 saturated heterocycles. The lowest BCUT2D eigenvalue weighted by molar-refractivity contribution is 0.537. The third-order valence-electron chi connectivity index (χ3n) is 7.81. The summed E-state index contributed by atoms with van der Waals surface area (Å²) in [5.41, 5.74) is 12.1. The molecule has 3 atom stereocenters. The topological polar surface area (TPSA) is 114 Å². The molecule has 176 valence electrons. The van der Waals surface area contributed by atoms with Crippen LogP contribution in [0.5, 0.6) is 0 Å². The molecule has 9 nitrogen and oxygen atoms in total. The molecule has 1 saturated carbocycles. The van der Waals surface area contributed by atoms with Crippen LogP contribution in [0, 0.1) is 18.8 Å². The molecule has 2 fully saturated rings. The summed E-state index contributed by atoms with van der Waals surface area (Å²) in [6.45, 7) is 4.43. The monoisotopic (exact) mass is 485 g/mol. The fourth-order valence-electron chi connectivity index (χ4n) is 6.01. The number of nitrogens with zero attached hydrogens (tertiary/aromatic N) is 7. The number of hydrogen-bond donors (Lipinski definition) is 2. The first kappa shape index (κ1) is 20.8. The van der Waals surface area contributed by atoms with Gasteiger partial charge < -0.3 is 10.6 Å². The highest BCUT2D eigenvalue weighted by Gasteiger charge is 2.69. The molecule has 1 aliphatic heterocycles. The number of pyridine rings is 1. The fourth-order valence-corrected chi connectivity index (χ4v) is 6.30. The second-order valence-electron chi connectivity index (χ2n) is 9.69. The van der Waals surface area contributed by atoms with Gasteiger partial charge >= 0.3 is 0 Å². The van der Waals surface area contributed by atoms with Gasteiger partial charge in [0.25, 0.3) is 0 Å². The Balaban J connectivity index is 1.18. The third-order valence-corrected chi connectivity index (χ3v) is 8.22. The van der Waals surface area contributed by atoms with Gasteiger partial charge in [-0.2, -0.15) is 10.2 Å². The zero-order valence-electron chi connectivity index (χ0n) is 19.4. The van der Waals surface area contributed by atoms with E-state index in [4.69, 9.17) is 32.3 Å². The number of fused-ring (bicyclic) bond motifs is 3. The molecule has 0 bridgehead atoms. The molecule has 35 heavy (non-hydrogen) atoms. The highest BCUT2D eigenvalue weighted by Crippen LogP contribution is 2.62. The first-order valence-electron chi connectivity index (χ1n) is 11.7. The van der Waals surface area contributed by atoms with Gasteiger partial charge in [0.15, 0.2) is 5.65 Å². The lowest BCUT2D eigenvalue weighted by Gasteiger charge is -2.26. The van der Waals surface area contributed by atoms with E-state index in [0.29, 0.717) is 40.3 Å². The lowest BCUT2D eigenvalue weighted by atomic mass is 9.94. The average Bonchev–Trinajstić information content (AvgIpc) is 3.30. The van der Waals surface area contributed by atoms with Crippen LogP contribution in [-0.2, 0) is 12.5 Å². The summed E-state index contributed by atoms with van der Waals surface area (Å²) in [4.78, 5) is 16.7. The Labute approximate surface area is 206 Å². The molecule has 1 unspecified atom stereocenters. The van der Waals surface area contributed by atoms with E-state index in [2.05, 4.69) is 32.3 Å². The van der Waals surface area contributed by atoms with E-state index in [-0.39, 0.29) is 5.41 Å². The standard InChI is InChI=1S/C25H24ClN9/c1-13-4-3-5-19(29-13)25(12-27)16-10-35(11-17(16)25)20-8-28-23-22(31-32-24(23)30-20)14-6-7-18-15(21(14)26)9-34(2)33-18/h3-9,16-17H,10-12,27H2,1-2H3,(H,30,31,32)/t16-,17+,25?. The highest BCUT2D eigenvalue weighted by atomic mass is 35.5. The SMILES string of the molecule is Cc1cccc(C2(CN)[C@@H]3CN(c4cnc5c(-c6ccc7nn(C)cc7c6Cl)n[nH]c5n4)C[C@@H]32)n1. The minimum atomic E-state index is -0.0249. The number of rotatable bonds is 4. The number of H-pyrrole nitrogens is 1. The van der Waals surface area contributed by atoms with Gasteiger partial charge in [0, 0.05) is 60.6 Å². The number of benzene rings is 1. The van der Waals surface area contributed by atoms with E-state index in [0.717, 1.165) is 46.8 Å². The second kappa shape index (κ2) is 7.22. The predicted octanol–water partition coefficient (Wildman–Crippen LogP) is 3.23. The summed E-state index contributed by atoms with van der Waals surface area (Å²) >= 11 is 6.72. The third kappa shape index (κ3) is 2.88. The number of halogens is 1. The molecule has 4 aromatic heterocycles. The molecule has 7 rings (SSSR count). The Hall–Kier alpha value is -3.56. The summed E-state index contributed by atoms with van der Waals surface area (Å²) in [6.07, 6.45) is 3.74.